The molecule has 0 aliphatic heterocycles. The third kappa shape index (κ3) is 3.49. The minimum absolute atomic E-state index is 0.0664. The molecule has 0 saturated heterocycles. The van der Waals surface area contributed by atoms with Gasteiger partial charge in [-0.15, -0.1) is 0 Å². The maximum Gasteiger partial charge on any atom is 0.277 e. The number of ether oxygens (including phenoxy) is 1. The number of hydrogen-bond acceptors (Lipinski definition) is 4. The zero-order valence-electron chi connectivity index (χ0n) is 13.9. The Morgan fingerprint density at radius 1 is 1.20 bits per heavy atom. The maximum atomic E-state index is 12.7. The third-order valence-corrected chi connectivity index (χ3v) is 5.19. The van der Waals surface area contributed by atoms with Crippen molar-refractivity contribution < 1.29 is 4.74 Å². The average Bonchev–Trinajstić information content (AvgIpc) is 3.43. The second-order valence-corrected chi connectivity index (χ2v) is 7.01. The van der Waals surface area contributed by atoms with Crippen LogP contribution in [0.1, 0.15) is 48.8 Å². The largest absolute Gasteiger partial charge is 0.371 e. The lowest BCUT2D eigenvalue weighted by Crippen LogP contribution is -2.41. The molecular formula is C20H20N2O2S. The highest BCUT2D eigenvalue weighted by molar-refractivity contribution is 7.78. The van der Waals surface area contributed by atoms with E-state index in [1.807, 2.05) is 35.0 Å². The fourth-order valence-corrected chi connectivity index (χ4v) is 3.46. The van der Waals surface area contributed by atoms with Crippen LogP contribution < -0.4 is 5.56 Å². The van der Waals surface area contributed by atoms with Gasteiger partial charge in [0.15, 0.2) is 0 Å². The molecule has 0 unspecified atom stereocenters. The summed E-state index contributed by atoms with van der Waals surface area (Å²) in [6, 6.07) is 12.1. The zero-order valence-corrected chi connectivity index (χ0v) is 14.7. The van der Waals surface area contributed by atoms with E-state index in [4.69, 9.17) is 17.0 Å². The smallest absolute Gasteiger partial charge is 0.277 e. The van der Waals surface area contributed by atoms with Crippen LogP contribution in [0.2, 0.25) is 0 Å². The van der Waals surface area contributed by atoms with Crippen LogP contribution in [0, 0.1) is 0 Å². The molecule has 2 aliphatic carbocycles. The second-order valence-electron chi connectivity index (χ2n) is 6.83. The predicted octanol–water partition coefficient (Wildman–Crippen LogP) is 4.38. The molecule has 0 radical (unpaired) electrons. The summed E-state index contributed by atoms with van der Waals surface area (Å²) in [5, 5.41) is 2.34. The first kappa shape index (κ1) is 16.4. The van der Waals surface area contributed by atoms with Crippen LogP contribution in [-0.2, 0) is 11.3 Å². The summed E-state index contributed by atoms with van der Waals surface area (Å²) in [7, 11) is 0. The van der Waals surface area contributed by atoms with Gasteiger partial charge in [0.2, 0.25) is 0 Å². The van der Waals surface area contributed by atoms with E-state index in [1.54, 1.807) is 0 Å². The Morgan fingerprint density at radius 3 is 2.64 bits per heavy atom. The van der Waals surface area contributed by atoms with Crippen LogP contribution in [-0.4, -0.2) is 15.8 Å². The Morgan fingerprint density at radius 2 is 2.00 bits per heavy atom. The van der Waals surface area contributed by atoms with E-state index < -0.39 is 0 Å². The van der Waals surface area contributed by atoms with Crippen molar-refractivity contribution in [2.75, 3.05) is 0 Å². The zero-order chi connectivity index (χ0) is 17.2. The van der Waals surface area contributed by atoms with Crippen molar-refractivity contribution in [1.29, 1.82) is 0 Å². The Balaban J connectivity index is 1.56. The number of hydrogen-bond donors (Lipinski definition) is 0. The molecule has 2 atom stereocenters. The Labute approximate surface area is 152 Å². The van der Waals surface area contributed by atoms with E-state index in [9.17, 15) is 4.79 Å². The number of thiocarbonyl (C=S) groups is 1. The quantitative estimate of drug-likeness (QED) is 0.572. The molecule has 0 N–H and O–H groups in total. The van der Waals surface area contributed by atoms with Gasteiger partial charge < -0.3 is 9.30 Å². The highest BCUT2D eigenvalue weighted by Gasteiger charge is 2.35. The maximum absolute atomic E-state index is 12.7. The van der Waals surface area contributed by atoms with Crippen LogP contribution in [0.3, 0.4) is 0 Å². The summed E-state index contributed by atoms with van der Waals surface area (Å²) < 4.78 is 7.89. The van der Waals surface area contributed by atoms with E-state index in [0.717, 1.165) is 18.4 Å². The Hall–Kier alpha value is -2.07. The van der Waals surface area contributed by atoms with Crippen LogP contribution in [0.4, 0.5) is 5.69 Å². The van der Waals surface area contributed by atoms with Crippen LogP contribution >= 0.6 is 12.2 Å². The van der Waals surface area contributed by atoms with E-state index in [-0.39, 0.29) is 17.7 Å². The number of rotatable bonds is 6. The van der Waals surface area contributed by atoms with Gasteiger partial charge in [0.25, 0.3) is 5.56 Å². The minimum atomic E-state index is -0.0974. The molecule has 0 spiro atoms. The molecule has 4 rings (SSSR count). The number of benzene rings is 1. The number of pyridine rings is 1. The van der Waals surface area contributed by atoms with Crippen LogP contribution in [0.15, 0.2) is 52.4 Å². The molecule has 0 amide bonds. The van der Waals surface area contributed by atoms with Gasteiger partial charge in [-0.05, 0) is 61.0 Å². The molecule has 128 valence electrons. The van der Waals surface area contributed by atoms with Crippen molar-refractivity contribution in [1.82, 2.24) is 4.57 Å². The van der Waals surface area contributed by atoms with Gasteiger partial charge in [-0.2, -0.15) is 4.99 Å². The molecule has 2 fully saturated rings. The summed E-state index contributed by atoms with van der Waals surface area (Å²) in [5.41, 5.74) is 2.63. The van der Waals surface area contributed by atoms with Crippen LogP contribution in [0.25, 0.3) is 0 Å². The summed E-state index contributed by atoms with van der Waals surface area (Å²) >= 11 is 4.70. The van der Waals surface area contributed by atoms with Crippen molar-refractivity contribution in [3.63, 3.8) is 0 Å². The molecule has 1 aromatic carbocycles. The molecule has 1 heterocycles. The van der Waals surface area contributed by atoms with Gasteiger partial charge in [-0.25, -0.2) is 0 Å². The van der Waals surface area contributed by atoms with Gasteiger partial charge >= 0.3 is 0 Å². The lowest BCUT2D eigenvalue weighted by molar-refractivity contribution is -0.0503. The van der Waals surface area contributed by atoms with Gasteiger partial charge in [0.1, 0.15) is 5.69 Å². The molecule has 4 nitrogen and oxygen atoms in total. The summed E-state index contributed by atoms with van der Waals surface area (Å²) in [4.78, 5) is 16.7. The first-order valence-corrected chi connectivity index (χ1v) is 9.16. The van der Waals surface area contributed by atoms with Crippen molar-refractivity contribution in [3.8, 4) is 0 Å². The van der Waals surface area contributed by atoms with Crippen molar-refractivity contribution >= 4 is 23.1 Å². The lowest BCUT2D eigenvalue weighted by Gasteiger charge is -2.38. The van der Waals surface area contributed by atoms with Gasteiger partial charge in [-0.3, -0.25) is 4.79 Å². The minimum Gasteiger partial charge on any atom is -0.371 e. The van der Waals surface area contributed by atoms with E-state index >= 15 is 0 Å². The van der Waals surface area contributed by atoms with E-state index in [1.165, 1.54) is 18.4 Å². The molecule has 2 aromatic rings. The molecule has 25 heavy (non-hydrogen) atoms. The van der Waals surface area contributed by atoms with Crippen molar-refractivity contribution in [3.05, 3.63) is 64.1 Å². The third-order valence-electron chi connectivity index (χ3n) is 5.10. The molecular weight excluding hydrogens is 332 g/mol. The lowest BCUT2D eigenvalue weighted by atomic mass is 9.88. The standard InChI is InChI=1S/C20H20N2O2S/c23-20-17(21-13-25)10-16(15-6-7-15)11-22(20)18-8-9-19(18)24-12-14-4-2-1-3-5-14/h1-5,10-11,15,18-19H,6-9,12H2/t18-,19+/m1/s1. The Bertz CT molecular complexity index is 867. The summed E-state index contributed by atoms with van der Waals surface area (Å²) in [6.07, 6.45) is 6.36. The molecule has 2 saturated carbocycles. The number of nitrogens with zero attached hydrogens (tertiary/aromatic N) is 2. The second kappa shape index (κ2) is 7.04. The van der Waals surface area contributed by atoms with E-state index in [2.05, 4.69) is 22.3 Å². The first-order chi connectivity index (χ1) is 12.3. The average molecular weight is 352 g/mol. The van der Waals surface area contributed by atoms with Crippen LogP contribution in [0.5, 0.6) is 0 Å². The van der Waals surface area contributed by atoms with Gasteiger partial charge in [0, 0.05) is 6.20 Å². The first-order valence-electron chi connectivity index (χ1n) is 8.76. The fourth-order valence-electron chi connectivity index (χ4n) is 3.37. The molecule has 5 heteroatoms. The molecule has 1 aromatic heterocycles. The fraction of sp³-hybridized carbons (Fsp3) is 0.400. The topological polar surface area (TPSA) is 43.6 Å². The van der Waals surface area contributed by atoms with Gasteiger partial charge in [-0.1, -0.05) is 30.3 Å². The van der Waals surface area contributed by atoms with Crippen molar-refractivity contribution in [2.45, 2.75) is 50.4 Å². The molecule has 0 bridgehead atoms. The monoisotopic (exact) mass is 352 g/mol. The number of isothiocyanates is 1. The van der Waals surface area contributed by atoms with Gasteiger partial charge in [0.05, 0.1) is 23.9 Å². The number of aromatic nitrogens is 1. The highest BCUT2D eigenvalue weighted by atomic mass is 32.1. The Kier molecular flexibility index (Phi) is 4.62. The highest BCUT2D eigenvalue weighted by Crippen LogP contribution is 2.42. The SMILES string of the molecule is O=c1c(N=C=S)cc(C2CC2)cn1[C@@H]1CC[C@@H]1OCc1ccccc1. The van der Waals surface area contributed by atoms with E-state index in [0.29, 0.717) is 18.2 Å². The predicted molar refractivity (Wildman–Crippen MR) is 101 cm³/mol. The molecule has 2 aliphatic rings. The van der Waals surface area contributed by atoms with Crippen molar-refractivity contribution in [2.24, 2.45) is 4.99 Å². The number of aliphatic imine (C=N–C) groups is 1. The summed E-state index contributed by atoms with van der Waals surface area (Å²) in [5.74, 6) is 0.551. The normalized spacial score (nSPS) is 22.1. The summed E-state index contributed by atoms with van der Waals surface area (Å²) in [6.45, 7) is 0.573.